The Morgan fingerprint density at radius 2 is 1.96 bits per heavy atom. The SMILES string of the molecule is Cc1cc(=O)oc2c3c(cc(O)c12)OC(N)=C(C#N)C3c1ccccc1. The van der Waals surface area contributed by atoms with Gasteiger partial charge in [-0.2, -0.15) is 5.26 Å². The van der Waals surface area contributed by atoms with Crippen molar-refractivity contribution < 1.29 is 14.3 Å². The number of benzene rings is 2. The standard InChI is InChI=1S/C20H14N2O4/c1-10-7-15(24)26-19-16(10)13(23)8-14-18(19)17(11-5-3-2-4-6-11)12(9-21)20(22)25-14/h2-8,17,23H,22H2,1H3. The van der Waals surface area contributed by atoms with Crippen molar-refractivity contribution in [2.45, 2.75) is 12.8 Å². The molecule has 0 aliphatic carbocycles. The summed E-state index contributed by atoms with van der Waals surface area (Å²) in [5.74, 6) is -0.435. The van der Waals surface area contributed by atoms with Gasteiger partial charge in [-0.3, -0.25) is 0 Å². The Bertz CT molecular complexity index is 1170. The van der Waals surface area contributed by atoms with Gasteiger partial charge in [-0.25, -0.2) is 4.79 Å². The topological polar surface area (TPSA) is 109 Å². The zero-order valence-electron chi connectivity index (χ0n) is 13.8. The molecule has 0 saturated carbocycles. The first-order valence-corrected chi connectivity index (χ1v) is 7.94. The summed E-state index contributed by atoms with van der Waals surface area (Å²) >= 11 is 0. The number of phenolic OH excluding ortho intramolecular Hbond substituents is 1. The van der Waals surface area contributed by atoms with Gasteiger partial charge in [0.2, 0.25) is 5.88 Å². The molecule has 6 nitrogen and oxygen atoms in total. The van der Waals surface area contributed by atoms with E-state index in [0.717, 1.165) is 5.56 Å². The highest BCUT2D eigenvalue weighted by atomic mass is 16.5. The highest BCUT2D eigenvalue weighted by Gasteiger charge is 2.34. The van der Waals surface area contributed by atoms with Crippen molar-refractivity contribution in [3.63, 3.8) is 0 Å². The van der Waals surface area contributed by atoms with E-state index in [4.69, 9.17) is 14.9 Å². The number of aryl methyl sites for hydroxylation is 1. The second-order valence-electron chi connectivity index (χ2n) is 6.10. The van der Waals surface area contributed by atoms with E-state index in [2.05, 4.69) is 6.07 Å². The van der Waals surface area contributed by atoms with Gasteiger partial charge in [0.25, 0.3) is 0 Å². The van der Waals surface area contributed by atoms with Gasteiger partial charge in [0.05, 0.1) is 16.9 Å². The van der Waals surface area contributed by atoms with Gasteiger partial charge in [-0.05, 0) is 18.1 Å². The molecular formula is C20H14N2O4. The molecule has 2 heterocycles. The number of allylic oxidation sites excluding steroid dienone is 1. The highest BCUT2D eigenvalue weighted by molar-refractivity contribution is 5.92. The van der Waals surface area contributed by atoms with E-state index in [1.165, 1.54) is 12.1 Å². The lowest BCUT2D eigenvalue weighted by molar-refractivity contribution is 0.387. The number of ether oxygens (including phenoxy) is 1. The van der Waals surface area contributed by atoms with Crippen LogP contribution in [0.5, 0.6) is 11.5 Å². The smallest absolute Gasteiger partial charge is 0.336 e. The molecule has 6 heteroatoms. The van der Waals surface area contributed by atoms with E-state index in [0.29, 0.717) is 16.5 Å². The van der Waals surface area contributed by atoms with Crippen molar-refractivity contribution in [1.29, 1.82) is 5.26 Å². The number of rotatable bonds is 1. The molecular weight excluding hydrogens is 332 g/mol. The van der Waals surface area contributed by atoms with Crippen LogP contribution in [0.4, 0.5) is 0 Å². The molecule has 3 aromatic rings. The summed E-state index contributed by atoms with van der Waals surface area (Å²) in [5, 5.41) is 20.5. The lowest BCUT2D eigenvalue weighted by Gasteiger charge is -2.27. The lowest BCUT2D eigenvalue weighted by atomic mass is 9.82. The number of aromatic hydroxyl groups is 1. The zero-order valence-corrected chi connectivity index (χ0v) is 13.8. The van der Waals surface area contributed by atoms with Crippen molar-refractivity contribution in [1.82, 2.24) is 0 Å². The van der Waals surface area contributed by atoms with E-state index in [9.17, 15) is 15.2 Å². The van der Waals surface area contributed by atoms with Crippen molar-refractivity contribution in [2.75, 3.05) is 0 Å². The minimum Gasteiger partial charge on any atom is -0.507 e. The third kappa shape index (κ3) is 2.22. The maximum absolute atomic E-state index is 12.0. The van der Waals surface area contributed by atoms with E-state index >= 15 is 0 Å². The number of hydrogen-bond donors (Lipinski definition) is 2. The first kappa shape index (κ1) is 15.8. The second-order valence-corrected chi connectivity index (χ2v) is 6.10. The molecule has 0 spiro atoms. The number of fused-ring (bicyclic) bond motifs is 3. The normalized spacial score (nSPS) is 16.1. The molecule has 1 aliphatic heterocycles. The van der Waals surface area contributed by atoms with Crippen LogP contribution in [0.25, 0.3) is 11.0 Å². The molecule has 0 radical (unpaired) electrons. The summed E-state index contributed by atoms with van der Waals surface area (Å²) in [6, 6.07) is 14.1. The summed E-state index contributed by atoms with van der Waals surface area (Å²) < 4.78 is 11.0. The Balaban J connectivity index is 2.17. The monoisotopic (exact) mass is 346 g/mol. The maximum atomic E-state index is 12.0. The molecule has 1 atom stereocenters. The van der Waals surface area contributed by atoms with E-state index in [-0.39, 0.29) is 28.5 Å². The van der Waals surface area contributed by atoms with Crippen LogP contribution in [0.15, 0.2) is 63.1 Å². The fourth-order valence-electron chi connectivity index (χ4n) is 3.42. The highest BCUT2D eigenvalue weighted by Crippen LogP contribution is 2.48. The molecule has 1 unspecified atom stereocenters. The van der Waals surface area contributed by atoms with Crippen LogP contribution in [-0.4, -0.2) is 5.11 Å². The van der Waals surface area contributed by atoms with Gasteiger partial charge < -0.3 is 20.0 Å². The Labute approximate surface area is 148 Å². The van der Waals surface area contributed by atoms with Crippen molar-refractivity contribution >= 4 is 11.0 Å². The average molecular weight is 346 g/mol. The molecule has 0 fully saturated rings. The van der Waals surface area contributed by atoms with Gasteiger partial charge in [0.15, 0.2) is 0 Å². The van der Waals surface area contributed by atoms with E-state index < -0.39 is 11.5 Å². The van der Waals surface area contributed by atoms with Crippen LogP contribution >= 0.6 is 0 Å². The van der Waals surface area contributed by atoms with Crippen molar-refractivity contribution in [2.24, 2.45) is 5.73 Å². The van der Waals surface area contributed by atoms with E-state index in [1.54, 1.807) is 6.92 Å². The summed E-state index contributed by atoms with van der Waals surface area (Å²) in [4.78, 5) is 12.0. The maximum Gasteiger partial charge on any atom is 0.336 e. The lowest BCUT2D eigenvalue weighted by Crippen LogP contribution is -2.21. The van der Waals surface area contributed by atoms with Crippen LogP contribution in [0.1, 0.15) is 22.6 Å². The molecule has 4 rings (SSSR count). The third-order valence-corrected chi connectivity index (χ3v) is 4.51. The molecule has 0 bridgehead atoms. The number of nitrogens with two attached hydrogens (primary N) is 1. The molecule has 3 N–H and O–H groups in total. The minimum atomic E-state index is -0.571. The van der Waals surface area contributed by atoms with Crippen LogP contribution < -0.4 is 16.1 Å². The second kappa shape index (κ2) is 5.67. The molecule has 1 aromatic heterocycles. The summed E-state index contributed by atoms with van der Waals surface area (Å²) in [6.45, 7) is 1.71. The van der Waals surface area contributed by atoms with Crippen LogP contribution in [-0.2, 0) is 0 Å². The fourth-order valence-corrected chi connectivity index (χ4v) is 3.42. The molecule has 128 valence electrons. The van der Waals surface area contributed by atoms with Gasteiger partial charge in [0, 0.05) is 12.1 Å². The van der Waals surface area contributed by atoms with Crippen molar-refractivity contribution in [3.8, 4) is 17.6 Å². The van der Waals surface area contributed by atoms with Gasteiger partial charge in [-0.15, -0.1) is 0 Å². The predicted octanol–water partition coefficient (Wildman–Crippen LogP) is 3.03. The molecule has 0 amide bonds. The summed E-state index contributed by atoms with van der Waals surface area (Å²) in [7, 11) is 0. The molecule has 0 saturated heterocycles. The van der Waals surface area contributed by atoms with Crippen LogP contribution in [0.2, 0.25) is 0 Å². The molecule has 1 aliphatic rings. The number of nitrogens with zero attached hydrogens (tertiary/aromatic N) is 1. The number of hydrogen-bond acceptors (Lipinski definition) is 6. The fraction of sp³-hybridized carbons (Fsp3) is 0.100. The Morgan fingerprint density at radius 3 is 2.65 bits per heavy atom. The first-order valence-electron chi connectivity index (χ1n) is 7.94. The predicted molar refractivity (Wildman–Crippen MR) is 94.6 cm³/mol. The van der Waals surface area contributed by atoms with Crippen LogP contribution in [0, 0.1) is 18.3 Å². The Kier molecular flexibility index (Phi) is 3.44. The van der Waals surface area contributed by atoms with Gasteiger partial charge in [-0.1, -0.05) is 30.3 Å². The number of nitriles is 1. The first-order chi connectivity index (χ1) is 12.5. The number of phenols is 1. The molecule has 2 aromatic carbocycles. The van der Waals surface area contributed by atoms with E-state index in [1.807, 2.05) is 30.3 Å². The Morgan fingerprint density at radius 1 is 1.23 bits per heavy atom. The molecule has 26 heavy (non-hydrogen) atoms. The largest absolute Gasteiger partial charge is 0.507 e. The van der Waals surface area contributed by atoms with Crippen LogP contribution in [0.3, 0.4) is 0 Å². The van der Waals surface area contributed by atoms with Crippen molar-refractivity contribution in [3.05, 3.63) is 81.0 Å². The van der Waals surface area contributed by atoms with Gasteiger partial charge in [0.1, 0.15) is 28.7 Å². The Hall–Kier alpha value is -3.72. The third-order valence-electron chi connectivity index (χ3n) is 4.51. The average Bonchev–Trinajstić information content (AvgIpc) is 2.60. The summed E-state index contributed by atoms with van der Waals surface area (Å²) in [6.07, 6.45) is 0. The zero-order chi connectivity index (χ0) is 18.4. The minimum absolute atomic E-state index is 0.0393. The quantitative estimate of drug-likeness (QED) is 0.656. The summed E-state index contributed by atoms with van der Waals surface area (Å²) in [5.41, 5.74) is 7.69. The van der Waals surface area contributed by atoms with Gasteiger partial charge >= 0.3 is 5.63 Å².